The van der Waals surface area contributed by atoms with Gasteiger partial charge in [-0.2, -0.15) is 0 Å². The predicted molar refractivity (Wildman–Crippen MR) is 266 cm³/mol. The average Bonchev–Trinajstić information content (AvgIpc) is 4.11. The van der Waals surface area contributed by atoms with Crippen LogP contribution in [-0.4, -0.2) is 9.13 Å². The number of hydrogen-bond donors (Lipinski definition) is 0. The number of para-hydroxylation sites is 6. The van der Waals surface area contributed by atoms with Crippen LogP contribution < -0.4 is 0 Å². The van der Waals surface area contributed by atoms with Gasteiger partial charge in [0.2, 0.25) is 0 Å². The minimum atomic E-state index is 0.903. The third kappa shape index (κ3) is 5.11. The molecule has 4 nitrogen and oxygen atoms in total. The Labute approximate surface area is 367 Å². The van der Waals surface area contributed by atoms with E-state index < -0.39 is 0 Å². The van der Waals surface area contributed by atoms with Crippen molar-refractivity contribution in [1.29, 1.82) is 0 Å². The van der Waals surface area contributed by atoms with Crippen LogP contribution in [0.4, 0.5) is 0 Å². The molecule has 14 rings (SSSR count). The van der Waals surface area contributed by atoms with Crippen LogP contribution in [0.25, 0.3) is 132 Å². The molecular formula is C60H36N2O2. The van der Waals surface area contributed by atoms with Crippen molar-refractivity contribution in [3.63, 3.8) is 0 Å². The maximum absolute atomic E-state index is 6.54. The average molecular weight is 817 g/mol. The molecule has 298 valence electrons. The van der Waals surface area contributed by atoms with Gasteiger partial charge in [-0.25, -0.2) is 0 Å². The molecule has 0 unspecified atom stereocenters. The highest BCUT2D eigenvalue weighted by atomic mass is 16.3. The Morgan fingerprint density at radius 3 is 1.02 bits per heavy atom. The van der Waals surface area contributed by atoms with Gasteiger partial charge < -0.3 is 18.0 Å². The van der Waals surface area contributed by atoms with Crippen molar-refractivity contribution in [3.8, 4) is 44.8 Å². The maximum atomic E-state index is 6.54. The minimum Gasteiger partial charge on any atom is -0.455 e. The Morgan fingerprint density at radius 2 is 0.594 bits per heavy atom. The number of fused-ring (bicyclic) bond motifs is 12. The highest BCUT2D eigenvalue weighted by Gasteiger charge is 2.20. The topological polar surface area (TPSA) is 36.1 Å². The van der Waals surface area contributed by atoms with E-state index in [9.17, 15) is 0 Å². The molecule has 10 aromatic carbocycles. The monoisotopic (exact) mass is 816 g/mol. The van der Waals surface area contributed by atoms with Gasteiger partial charge in [-0.1, -0.05) is 133 Å². The number of rotatable bonds is 5. The molecule has 0 saturated carbocycles. The van der Waals surface area contributed by atoms with E-state index in [-0.39, 0.29) is 0 Å². The SMILES string of the molecule is c1ccc(-n2c3ccc(-c4ccc5c(c4)c4cc(-c6cccc7c6oc6ccccc67)ccc4n5-c4ccccc4)cc3c3cc(-c4cccc5c4oc4ccccc45)ccc32)cc1. The Balaban J connectivity index is 0.980. The lowest BCUT2D eigenvalue weighted by Gasteiger charge is -2.09. The van der Waals surface area contributed by atoms with Crippen molar-refractivity contribution in [2.45, 2.75) is 0 Å². The van der Waals surface area contributed by atoms with E-state index in [1.165, 1.54) is 21.5 Å². The molecule has 0 spiro atoms. The fourth-order valence-electron chi connectivity index (χ4n) is 10.4. The molecule has 4 aromatic heterocycles. The molecule has 64 heavy (non-hydrogen) atoms. The minimum absolute atomic E-state index is 0.903. The summed E-state index contributed by atoms with van der Waals surface area (Å²) in [4.78, 5) is 0. The molecule has 0 aliphatic heterocycles. The molecular weight excluding hydrogens is 781 g/mol. The molecule has 14 aromatic rings. The van der Waals surface area contributed by atoms with Gasteiger partial charge in [0.25, 0.3) is 0 Å². The van der Waals surface area contributed by atoms with Crippen molar-refractivity contribution in [3.05, 3.63) is 218 Å². The van der Waals surface area contributed by atoms with Crippen molar-refractivity contribution < 1.29 is 8.83 Å². The van der Waals surface area contributed by atoms with E-state index >= 15 is 0 Å². The first-order valence-corrected chi connectivity index (χ1v) is 21.8. The van der Waals surface area contributed by atoms with Gasteiger partial charge in [-0.15, -0.1) is 0 Å². The van der Waals surface area contributed by atoms with Crippen LogP contribution in [0.5, 0.6) is 0 Å². The van der Waals surface area contributed by atoms with Crippen molar-refractivity contribution in [1.82, 2.24) is 9.13 Å². The predicted octanol–water partition coefficient (Wildman–Crippen LogP) is 16.7. The zero-order valence-electron chi connectivity index (χ0n) is 34.5. The van der Waals surface area contributed by atoms with Crippen LogP contribution in [-0.2, 0) is 0 Å². The van der Waals surface area contributed by atoms with E-state index in [0.717, 1.165) is 111 Å². The van der Waals surface area contributed by atoms with Gasteiger partial charge >= 0.3 is 0 Å². The summed E-state index contributed by atoms with van der Waals surface area (Å²) in [6, 6.07) is 78.6. The Kier molecular flexibility index (Phi) is 7.36. The van der Waals surface area contributed by atoms with E-state index in [4.69, 9.17) is 8.83 Å². The molecule has 4 heteroatoms. The van der Waals surface area contributed by atoms with E-state index in [2.05, 4.69) is 215 Å². The molecule has 0 saturated heterocycles. The largest absolute Gasteiger partial charge is 0.455 e. The number of benzene rings is 10. The number of nitrogens with zero attached hydrogens (tertiary/aromatic N) is 2. The van der Waals surface area contributed by atoms with Gasteiger partial charge in [0, 0.05) is 65.6 Å². The second-order valence-corrected chi connectivity index (χ2v) is 16.8. The summed E-state index contributed by atoms with van der Waals surface area (Å²) < 4.78 is 17.9. The van der Waals surface area contributed by atoms with Gasteiger partial charge in [0.15, 0.2) is 0 Å². The maximum Gasteiger partial charge on any atom is 0.143 e. The summed E-state index contributed by atoms with van der Waals surface area (Å²) in [7, 11) is 0. The van der Waals surface area contributed by atoms with Crippen molar-refractivity contribution in [2.75, 3.05) is 0 Å². The summed E-state index contributed by atoms with van der Waals surface area (Å²) in [5.41, 5.74) is 17.3. The van der Waals surface area contributed by atoms with E-state index in [0.29, 0.717) is 0 Å². The zero-order valence-corrected chi connectivity index (χ0v) is 34.5. The first-order chi connectivity index (χ1) is 31.7. The molecule has 0 atom stereocenters. The van der Waals surface area contributed by atoms with E-state index in [1.54, 1.807) is 0 Å². The quantitative estimate of drug-likeness (QED) is 0.173. The molecule has 0 amide bonds. The summed E-state index contributed by atoms with van der Waals surface area (Å²) in [5.74, 6) is 0. The number of furan rings is 2. The van der Waals surface area contributed by atoms with Gasteiger partial charge in [0.1, 0.15) is 22.3 Å². The Bertz CT molecular complexity index is 3910. The lowest BCUT2D eigenvalue weighted by atomic mass is 9.97. The van der Waals surface area contributed by atoms with E-state index in [1.807, 2.05) is 12.1 Å². The molecule has 0 bridgehead atoms. The van der Waals surface area contributed by atoms with Crippen LogP contribution in [0.2, 0.25) is 0 Å². The molecule has 0 aliphatic carbocycles. The van der Waals surface area contributed by atoms with Gasteiger partial charge in [-0.05, 0) is 107 Å². The lowest BCUT2D eigenvalue weighted by molar-refractivity contribution is 0.669. The molecule has 4 heterocycles. The van der Waals surface area contributed by atoms with Crippen molar-refractivity contribution >= 4 is 87.5 Å². The zero-order chi connectivity index (χ0) is 41.9. The Morgan fingerprint density at radius 1 is 0.250 bits per heavy atom. The molecule has 0 aliphatic rings. The van der Waals surface area contributed by atoms with Crippen LogP contribution in [0.3, 0.4) is 0 Å². The summed E-state index contributed by atoms with van der Waals surface area (Å²) >= 11 is 0. The van der Waals surface area contributed by atoms with Crippen LogP contribution in [0, 0.1) is 0 Å². The first-order valence-electron chi connectivity index (χ1n) is 21.8. The highest BCUT2D eigenvalue weighted by molar-refractivity contribution is 6.16. The standard InChI is InChI=1S/C60H36N2O2/c1-3-13-41(14-4-1)61-53-29-25-37(33-49(53)51-35-39(27-31-55(51)61)43-19-11-21-47-45-17-7-9-23-57(45)63-59(43)47)38-26-30-54-50(34-38)52-36-40(28-32-56(52)62(54)42-15-5-2-6-16-42)44-20-12-22-48-46-18-8-10-24-58(46)64-60(44)48/h1-36H. The third-order valence-electron chi connectivity index (χ3n) is 13.3. The second-order valence-electron chi connectivity index (χ2n) is 16.8. The second kappa shape index (κ2) is 13.4. The normalized spacial score (nSPS) is 12.1. The molecule has 0 fully saturated rings. The van der Waals surface area contributed by atoms with Crippen molar-refractivity contribution in [2.24, 2.45) is 0 Å². The van der Waals surface area contributed by atoms with Crippen LogP contribution >= 0.6 is 0 Å². The van der Waals surface area contributed by atoms with Crippen LogP contribution in [0.15, 0.2) is 227 Å². The summed E-state index contributed by atoms with van der Waals surface area (Å²) in [6.45, 7) is 0. The number of aromatic nitrogens is 2. The van der Waals surface area contributed by atoms with Gasteiger partial charge in [0.05, 0.1) is 22.1 Å². The first kappa shape index (κ1) is 35.0. The van der Waals surface area contributed by atoms with Gasteiger partial charge in [-0.3, -0.25) is 0 Å². The fourth-order valence-corrected chi connectivity index (χ4v) is 10.4. The summed E-state index contributed by atoms with van der Waals surface area (Å²) in [6.07, 6.45) is 0. The summed E-state index contributed by atoms with van der Waals surface area (Å²) in [5, 5.41) is 9.31. The smallest absolute Gasteiger partial charge is 0.143 e. The van der Waals surface area contributed by atoms with Crippen LogP contribution in [0.1, 0.15) is 0 Å². The Hall–Kier alpha value is -8.60. The molecule has 0 N–H and O–H groups in total. The fraction of sp³-hybridized carbons (Fsp3) is 0. The lowest BCUT2D eigenvalue weighted by Crippen LogP contribution is -1.93. The molecule has 0 radical (unpaired) electrons. The third-order valence-corrected chi connectivity index (χ3v) is 13.3. The number of hydrogen-bond acceptors (Lipinski definition) is 2. The highest BCUT2D eigenvalue weighted by Crippen LogP contribution is 2.43.